The summed E-state index contributed by atoms with van der Waals surface area (Å²) in [4.78, 5) is 29.7. The fourth-order valence-electron chi connectivity index (χ4n) is 2.92. The van der Waals surface area contributed by atoms with Crippen LogP contribution in [0.25, 0.3) is 0 Å². The minimum atomic E-state index is -0.934. The first-order chi connectivity index (χ1) is 12.4. The summed E-state index contributed by atoms with van der Waals surface area (Å²) < 4.78 is 1.81. The van der Waals surface area contributed by atoms with E-state index in [1.54, 1.807) is 20.2 Å². The molecule has 0 fully saturated rings. The van der Waals surface area contributed by atoms with Gasteiger partial charge >= 0.3 is 0 Å². The average Bonchev–Trinajstić information content (AvgIpc) is 3.26. The molecule has 0 unspecified atom stereocenters. The van der Waals surface area contributed by atoms with Crippen molar-refractivity contribution in [2.24, 2.45) is 0 Å². The number of nitrogens with zero attached hydrogens (tertiary/aromatic N) is 4. The molecule has 26 heavy (non-hydrogen) atoms. The fourth-order valence-corrected chi connectivity index (χ4v) is 3.83. The Hall–Kier alpha value is -2.19. The quantitative estimate of drug-likeness (QED) is 0.861. The van der Waals surface area contributed by atoms with E-state index in [1.165, 1.54) is 21.1 Å². The lowest BCUT2D eigenvalue weighted by atomic mass is 10.1. The van der Waals surface area contributed by atoms with Crippen molar-refractivity contribution in [3.8, 4) is 0 Å². The first kappa shape index (κ1) is 18.6. The van der Waals surface area contributed by atoms with E-state index in [2.05, 4.69) is 12.0 Å². The molecule has 1 atom stereocenters. The maximum absolute atomic E-state index is 12.7. The molecule has 0 saturated carbocycles. The molecule has 8 heteroatoms. The fraction of sp³-hybridized carbons (Fsp3) is 0.500. The Labute approximate surface area is 156 Å². The molecule has 0 radical (unpaired) electrons. The number of thiophene rings is 1. The number of aliphatic hydroxyl groups excluding tert-OH is 1. The third-order valence-electron chi connectivity index (χ3n) is 4.53. The third-order valence-corrected chi connectivity index (χ3v) is 5.75. The number of amides is 2. The van der Waals surface area contributed by atoms with Crippen LogP contribution in [0.15, 0.2) is 18.2 Å². The summed E-state index contributed by atoms with van der Waals surface area (Å²) >= 11 is 1.54. The molecule has 1 N–H and O–H groups in total. The summed E-state index contributed by atoms with van der Waals surface area (Å²) in [5.74, 6) is -0.114. The molecule has 2 aromatic rings. The molecule has 0 bridgehead atoms. The number of fused-ring (bicyclic) bond motifs is 1. The van der Waals surface area contributed by atoms with Crippen molar-refractivity contribution < 1.29 is 14.7 Å². The van der Waals surface area contributed by atoms with E-state index < -0.39 is 6.10 Å². The van der Waals surface area contributed by atoms with Gasteiger partial charge < -0.3 is 14.9 Å². The SMILES string of the molecule is CCc1ccc(C(=O)N2CCn3nc([C@@H](O)CC(=O)N(C)C)cc3C2)s1. The Morgan fingerprint density at radius 3 is 2.77 bits per heavy atom. The van der Waals surface area contributed by atoms with Crippen LogP contribution in [0.5, 0.6) is 0 Å². The van der Waals surface area contributed by atoms with Gasteiger partial charge in [-0.15, -0.1) is 11.3 Å². The average molecular weight is 376 g/mol. The minimum Gasteiger partial charge on any atom is -0.386 e. The number of carbonyl (C=O) groups is 2. The summed E-state index contributed by atoms with van der Waals surface area (Å²) in [6.45, 7) is 3.70. The Morgan fingerprint density at radius 1 is 1.35 bits per heavy atom. The maximum Gasteiger partial charge on any atom is 0.264 e. The van der Waals surface area contributed by atoms with Crippen molar-refractivity contribution in [3.05, 3.63) is 39.3 Å². The van der Waals surface area contributed by atoms with Crippen LogP contribution in [0.1, 0.15) is 45.4 Å². The highest BCUT2D eigenvalue weighted by Gasteiger charge is 2.26. The predicted molar refractivity (Wildman–Crippen MR) is 98.9 cm³/mol. The molecule has 0 saturated heterocycles. The number of hydrogen-bond acceptors (Lipinski definition) is 5. The van der Waals surface area contributed by atoms with Crippen LogP contribution >= 0.6 is 11.3 Å². The number of aromatic nitrogens is 2. The van der Waals surface area contributed by atoms with Gasteiger partial charge in [0, 0.05) is 25.5 Å². The van der Waals surface area contributed by atoms with E-state index >= 15 is 0 Å². The predicted octanol–water partition coefficient (Wildman–Crippen LogP) is 1.67. The first-order valence-electron chi connectivity index (χ1n) is 8.71. The normalized spacial score (nSPS) is 14.8. The molecule has 2 amide bonds. The van der Waals surface area contributed by atoms with Gasteiger partial charge in [0.25, 0.3) is 5.91 Å². The summed E-state index contributed by atoms with van der Waals surface area (Å²) in [7, 11) is 3.32. The second-order valence-corrected chi connectivity index (χ2v) is 7.81. The van der Waals surface area contributed by atoms with Gasteiger partial charge in [0.2, 0.25) is 5.91 Å². The van der Waals surface area contributed by atoms with Crippen LogP contribution in [0, 0.1) is 0 Å². The largest absolute Gasteiger partial charge is 0.386 e. The number of carbonyl (C=O) groups excluding carboxylic acids is 2. The molecule has 140 valence electrons. The number of rotatable bonds is 5. The van der Waals surface area contributed by atoms with Crippen molar-refractivity contribution in [1.29, 1.82) is 0 Å². The molecular weight excluding hydrogens is 352 g/mol. The van der Waals surface area contributed by atoms with E-state index in [1.807, 2.05) is 21.7 Å². The van der Waals surface area contributed by atoms with Crippen LogP contribution in [-0.4, -0.2) is 57.1 Å². The van der Waals surface area contributed by atoms with Gasteiger partial charge in [-0.3, -0.25) is 14.3 Å². The summed E-state index contributed by atoms with van der Waals surface area (Å²) in [6, 6.07) is 5.68. The van der Waals surface area contributed by atoms with Crippen molar-refractivity contribution in [1.82, 2.24) is 19.6 Å². The van der Waals surface area contributed by atoms with E-state index in [9.17, 15) is 14.7 Å². The zero-order valence-corrected chi connectivity index (χ0v) is 16.1. The lowest BCUT2D eigenvalue weighted by Gasteiger charge is -2.27. The zero-order valence-electron chi connectivity index (χ0n) is 15.3. The molecule has 2 aromatic heterocycles. The molecule has 3 rings (SSSR count). The number of hydrogen-bond donors (Lipinski definition) is 1. The second kappa shape index (κ2) is 7.59. The van der Waals surface area contributed by atoms with Gasteiger partial charge in [-0.1, -0.05) is 6.92 Å². The van der Waals surface area contributed by atoms with Crippen LogP contribution < -0.4 is 0 Å². The van der Waals surface area contributed by atoms with Crippen molar-refractivity contribution in [3.63, 3.8) is 0 Å². The van der Waals surface area contributed by atoms with Gasteiger partial charge in [0.1, 0.15) is 6.10 Å². The van der Waals surface area contributed by atoms with E-state index in [0.717, 1.165) is 17.0 Å². The third kappa shape index (κ3) is 3.81. The topological polar surface area (TPSA) is 78.7 Å². The molecule has 3 heterocycles. The van der Waals surface area contributed by atoms with Crippen molar-refractivity contribution in [2.45, 2.75) is 39.0 Å². The Balaban J connectivity index is 1.70. The lowest BCUT2D eigenvalue weighted by Crippen LogP contribution is -2.38. The van der Waals surface area contributed by atoms with E-state index in [-0.39, 0.29) is 18.2 Å². The van der Waals surface area contributed by atoms with Gasteiger partial charge in [0.05, 0.1) is 35.8 Å². The van der Waals surface area contributed by atoms with Gasteiger partial charge in [0.15, 0.2) is 0 Å². The standard InChI is InChI=1S/C18H24N4O3S/c1-4-13-5-6-16(26-13)18(25)21-7-8-22-12(11-21)9-14(19-22)15(23)10-17(24)20(2)3/h5-6,9,15,23H,4,7-8,10-11H2,1-3H3/t15-/m0/s1. The summed E-state index contributed by atoms with van der Waals surface area (Å²) in [6.07, 6.45) is -0.00445. The molecule has 1 aliphatic heterocycles. The van der Waals surface area contributed by atoms with Gasteiger partial charge in [-0.05, 0) is 24.6 Å². The first-order valence-corrected chi connectivity index (χ1v) is 9.53. The second-order valence-electron chi connectivity index (χ2n) is 6.64. The summed E-state index contributed by atoms with van der Waals surface area (Å²) in [5.41, 5.74) is 1.36. The Bertz CT molecular complexity index is 811. The minimum absolute atomic E-state index is 0.00108. The Morgan fingerprint density at radius 2 is 2.12 bits per heavy atom. The van der Waals surface area contributed by atoms with Crippen LogP contribution in [0.3, 0.4) is 0 Å². The highest BCUT2D eigenvalue weighted by atomic mass is 32.1. The maximum atomic E-state index is 12.7. The highest BCUT2D eigenvalue weighted by molar-refractivity contribution is 7.14. The molecule has 0 aromatic carbocycles. The van der Waals surface area contributed by atoms with Crippen molar-refractivity contribution in [2.75, 3.05) is 20.6 Å². The van der Waals surface area contributed by atoms with Crippen LogP contribution in [0.4, 0.5) is 0 Å². The number of aryl methyl sites for hydroxylation is 1. The van der Waals surface area contributed by atoms with Crippen LogP contribution in [0.2, 0.25) is 0 Å². The van der Waals surface area contributed by atoms with Crippen molar-refractivity contribution >= 4 is 23.2 Å². The lowest BCUT2D eigenvalue weighted by molar-refractivity contribution is -0.130. The highest BCUT2D eigenvalue weighted by Crippen LogP contribution is 2.24. The zero-order chi connectivity index (χ0) is 18.8. The molecular formula is C18H24N4O3S. The Kier molecular flexibility index (Phi) is 5.43. The summed E-state index contributed by atoms with van der Waals surface area (Å²) in [5, 5.41) is 14.7. The monoisotopic (exact) mass is 376 g/mol. The van der Waals surface area contributed by atoms with E-state index in [0.29, 0.717) is 25.3 Å². The van der Waals surface area contributed by atoms with Gasteiger partial charge in [-0.2, -0.15) is 5.10 Å². The molecule has 1 aliphatic rings. The van der Waals surface area contributed by atoms with E-state index in [4.69, 9.17) is 0 Å². The van der Waals surface area contributed by atoms with Gasteiger partial charge in [-0.25, -0.2) is 0 Å². The molecule has 0 spiro atoms. The van der Waals surface area contributed by atoms with Crippen LogP contribution in [-0.2, 0) is 24.3 Å². The molecule has 7 nitrogen and oxygen atoms in total. The molecule has 0 aliphatic carbocycles. The number of aliphatic hydroxyl groups is 1. The smallest absolute Gasteiger partial charge is 0.264 e.